The zero-order valence-electron chi connectivity index (χ0n) is 14.4. The van der Waals surface area contributed by atoms with E-state index in [1.165, 1.54) is 18.2 Å². The van der Waals surface area contributed by atoms with Crippen LogP contribution in [-0.2, 0) is 0 Å². The quantitative estimate of drug-likeness (QED) is 0.508. The molecule has 6 heteroatoms. The summed E-state index contributed by atoms with van der Waals surface area (Å²) in [5.74, 6) is -0.949. The van der Waals surface area contributed by atoms with Gasteiger partial charge in [-0.25, -0.2) is 9.37 Å². The third-order valence-electron chi connectivity index (χ3n) is 4.20. The van der Waals surface area contributed by atoms with E-state index in [4.69, 9.17) is 4.42 Å². The van der Waals surface area contributed by atoms with Crippen molar-refractivity contribution in [3.05, 3.63) is 77.6 Å². The SMILES string of the molecule is Cc1cc(NC(=O)c2ccccc2F)cc(-c2nc3ccccc3o2)c1O. The first kappa shape index (κ1) is 16.8. The molecule has 4 rings (SSSR count). The molecule has 1 aromatic heterocycles. The lowest BCUT2D eigenvalue weighted by molar-refractivity contribution is 0.102. The summed E-state index contributed by atoms with van der Waals surface area (Å²) in [4.78, 5) is 16.7. The van der Waals surface area contributed by atoms with Crippen molar-refractivity contribution in [3.8, 4) is 17.2 Å². The fraction of sp³-hybridized carbons (Fsp3) is 0.0476. The third kappa shape index (κ3) is 3.13. The standard InChI is InChI=1S/C21H15FN2O3/c1-12-10-13(23-20(26)14-6-2-3-7-16(14)22)11-15(19(12)25)21-24-17-8-4-5-9-18(17)27-21/h2-11,25H,1H3,(H,23,26). The molecule has 0 radical (unpaired) electrons. The number of phenolic OH excluding ortho intramolecular Hbond substituents is 1. The summed E-state index contributed by atoms with van der Waals surface area (Å²) in [6.45, 7) is 1.69. The highest BCUT2D eigenvalue weighted by atomic mass is 19.1. The maximum Gasteiger partial charge on any atom is 0.258 e. The molecule has 0 spiro atoms. The number of benzene rings is 3. The van der Waals surface area contributed by atoms with E-state index < -0.39 is 11.7 Å². The Morgan fingerprint density at radius 3 is 2.63 bits per heavy atom. The number of hydrogen-bond acceptors (Lipinski definition) is 4. The maximum absolute atomic E-state index is 13.8. The molecule has 4 aromatic rings. The lowest BCUT2D eigenvalue weighted by atomic mass is 10.1. The Kier molecular flexibility index (Phi) is 4.08. The molecule has 3 aromatic carbocycles. The molecule has 0 fully saturated rings. The van der Waals surface area contributed by atoms with Crippen LogP contribution in [-0.4, -0.2) is 16.0 Å². The second-order valence-corrected chi connectivity index (χ2v) is 6.11. The molecule has 0 saturated carbocycles. The van der Waals surface area contributed by atoms with Crippen molar-refractivity contribution in [2.24, 2.45) is 0 Å². The molecule has 2 N–H and O–H groups in total. The Morgan fingerprint density at radius 2 is 1.85 bits per heavy atom. The molecule has 134 valence electrons. The smallest absolute Gasteiger partial charge is 0.258 e. The number of amides is 1. The van der Waals surface area contributed by atoms with Gasteiger partial charge in [-0.2, -0.15) is 0 Å². The second kappa shape index (κ2) is 6.57. The lowest BCUT2D eigenvalue weighted by Crippen LogP contribution is -2.13. The molecule has 1 amide bonds. The molecule has 5 nitrogen and oxygen atoms in total. The van der Waals surface area contributed by atoms with Crippen molar-refractivity contribution in [1.29, 1.82) is 0 Å². The summed E-state index contributed by atoms with van der Waals surface area (Å²) in [6.07, 6.45) is 0. The molecule has 1 heterocycles. The van der Waals surface area contributed by atoms with E-state index in [1.54, 1.807) is 37.3 Å². The van der Waals surface area contributed by atoms with Crippen molar-refractivity contribution in [1.82, 2.24) is 4.98 Å². The minimum Gasteiger partial charge on any atom is -0.507 e. The number of para-hydroxylation sites is 2. The van der Waals surface area contributed by atoms with E-state index >= 15 is 0 Å². The summed E-state index contributed by atoms with van der Waals surface area (Å²) in [6, 6.07) is 16.1. The fourth-order valence-electron chi connectivity index (χ4n) is 2.85. The van der Waals surface area contributed by atoms with E-state index in [0.717, 1.165) is 0 Å². The van der Waals surface area contributed by atoms with Crippen molar-refractivity contribution >= 4 is 22.7 Å². The number of carbonyl (C=O) groups excluding carboxylic acids is 1. The van der Waals surface area contributed by atoms with Gasteiger partial charge in [0.15, 0.2) is 5.58 Å². The van der Waals surface area contributed by atoms with E-state index in [2.05, 4.69) is 10.3 Å². The number of nitrogens with zero attached hydrogens (tertiary/aromatic N) is 1. The number of aromatic nitrogens is 1. The Balaban J connectivity index is 1.73. The van der Waals surface area contributed by atoms with Crippen LogP contribution in [0.3, 0.4) is 0 Å². The molecule has 0 unspecified atom stereocenters. The number of fused-ring (bicyclic) bond motifs is 1. The predicted molar refractivity (Wildman–Crippen MR) is 100 cm³/mol. The van der Waals surface area contributed by atoms with Crippen molar-refractivity contribution in [2.45, 2.75) is 6.92 Å². The maximum atomic E-state index is 13.8. The van der Waals surface area contributed by atoms with Crippen LogP contribution in [0.25, 0.3) is 22.6 Å². The van der Waals surface area contributed by atoms with Gasteiger partial charge in [0.25, 0.3) is 5.91 Å². The van der Waals surface area contributed by atoms with Gasteiger partial charge >= 0.3 is 0 Å². The number of halogens is 1. The van der Waals surface area contributed by atoms with Gasteiger partial charge < -0.3 is 14.8 Å². The third-order valence-corrected chi connectivity index (χ3v) is 4.20. The van der Waals surface area contributed by atoms with E-state index in [1.807, 2.05) is 12.1 Å². The van der Waals surface area contributed by atoms with Crippen LogP contribution < -0.4 is 5.32 Å². The molecule has 27 heavy (non-hydrogen) atoms. The Hall–Kier alpha value is -3.67. The highest BCUT2D eigenvalue weighted by molar-refractivity contribution is 6.04. The van der Waals surface area contributed by atoms with Gasteiger partial charge in [0.1, 0.15) is 17.1 Å². The molecular weight excluding hydrogens is 347 g/mol. The first-order valence-corrected chi connectivity index (χ1v) is 8.28. The number of hydrogen-bond donors (Lipinski definition) is 2. The van der Waals surface area contributed by atoms with Gasteiger partial charge in [-0.15, -0.1) is 0 Å². The van der Waals surface area contributed by atoms with E-state index in [0.29, 0.717) is 27.9 Å². The molecular formula is C21H15FN2O3. The minimum absolute atomic E-state index is 0.00504. The van der Waals surface area contributed by atoms with Crippen LogP contribution in [0.4, 0.5) is 10.1 Å². The van der Waals surface area contributed by atoms with Crippen LogP contribution in [0.5, 0.6) is 5.75 Å². The lowest BCUT2D eigenvalue weighted by Gasteiger charge is -2.10. The molecule has 0 atom stereocenters. The number of aryl methyl sites for hydroxylation is 1. The Labute approximate surface area is 154 Å². The van der Waals surface area contributed by atoms with Gasteiger partial charge in [0.2, 0.25) is 5.89 Å². The van der Waals surface area contributed by atoms with Crippen LogP contribution in [0.2, 0.25) is 0 Å². The molecule has 0 aliphatic rings. The number of aromatic hydroxyl groups is 1. The van der Waals surface area contributed by atoms with Gasteiger partial charge in [-0.1, -0.05) is 24.3 Å². The van der Waals surface area contributed by atoms with Gasteiger partial charge in [-0.3, -0.25) is 4.79 Å². The van der Waals surface area contributed by atoms with Crippen LogP contribution in [0.15, 0.2) is 65.1 Å². The van der Waals surface area contributed by atoms with Gasteiger partial charge in [0.05, 0.1) is 11.1 Å². The minimum atomic E-state index is -0.607. The number of anilines is 1. The van der Waals surface area contributed by atoms with Crippen LogP contribution in [0, 0.1) is 12.7 Å². The summed E-state index contributed by atoms with van der Waals surface area (Å²) in [7, 11) is 0. The topological polar surface area (TPSA) is 75.4 Å². The van der Waals surface area contributed by atoms with Gasteiger partial charge in [-0.05, 0) is 48.9 Å². The number of carbonyl (C=O) groups is 1. The molecule has 0 aliphatic heterocycles. The fourth-order valence-corrected chi connectivity index (χ4v) is 2.85. The number of phenols is 1. The number of oxazole rings is 1. The summed E-state index contributed by atoms with van der Waals surface area (Å²) >= 11 is 0. The molecule has 0 aliphatic carbocycles. The van der Waals surface area contributed by atoms with E-state index in [9.17, 15) is 14.3 Å². The second-order valence-electron chi connectivity index (χ2n) is 6.11. The molecule has 0 bridgehead atoms. The zero-order valence-corrected chi connectivity index (χ0v) is 14.4. The van der Waals surface area contributed by atoms with Crippen LogP contribution in [0.1, 0.15) is 15.9 Å². The van der Waals surface area contributed by atoms with Gasteiger partial charge in [0, 0.05) is 5.69 Å². The van der Waals surface area contributed by atoms with E-state index in [-0.39, 0.29) is 17.2 Å². The average molecular weight is 362 g/mol. The number of nitrogens with one attached hydrogen (secondary N) is 1. The normalized spacial score (nSPS) is 10.9. The first-order chi connectivity index (χ1) is 13.0. The van der Waals surface area contributed by atoms with Crippen molar-refractivity contribution in [3.63, 3.8) is 0 Å². The highest BCUT2D eigenvalue weighted by Crippen LogP contribution is 2.36. The summed E-state index contributed by atoms with van der Waals surface area (Å²) < 4.78 is 19.5. The largest absolute Gasteiger partial charge is 0.507 e. The van der Waals surface area contributed by atoms with Crippen molar-refractivity contribution < 1.29 is 18.7 Å². The van der Waals surface area contributed by atoms with Crippen LogP contribution >= 0.6 is 0 Å². The Morgan fingerprint density at radius 1 is 1.11 bits per heavy atom. The monoisotopic (exact) mass is 362 g/mol. The highest BCUT2D eigenvalue weighted by Gasteiger charge is 2.17. The summed E-state index contributed by atoms with van der Waals surface area (Å²) in [5.41, 5.74) is 2.45. The predicted octanol–water partition coefficient (Wildman–Crippen LogP) is 4.90. The summed E-state index contributed by atoms with van der Waals surface area (Å²) in [5, 5.41) is 13.1. The first-order valence-electron chi connectivity index (χ1n) is 8.28. The average Bonchev–Trinajstić information content (AvgIpc) is 3.08. The molecule has 0 saturated heterocycles. The van der Waals surface area contributed by atoms with Crippen molar-refractivity contribution in [2.75, 3.05) is 5.32 Å². The number of rotatable bonds is 3. The zero-order chi connectivity index (χ0) is 19.0. The Bertz CT molecular complexity index is 1130.